The standard InChI is InChI=1S/C23H17F3N2O3/c1-31-18-8-5-14(6-9-18)13-28-20-10-7-16(22(29)30)12-19(20)27-21(28)15-3-2-4-17(11-15)23(24,25)26/h2-12H,13H2,1H3,(H,29,30). The Balaban J connectivity index is 1.88. The van der Waals surface area contributed by atoms with Crippen molar-refractivity contribution in [3.63, 3.8) is 0 Å². The van der Waals surface area contributed by atoms with Crippen LogP contribution in [0.4, 0.5) is 13.2 Å². The average molecular weight is 426 g/mol. The molecule has 0 bridgehead atoms. The maximum atomic E-state index is 13.2. The lowest BCUT2D eigenvalue weighted by Crippen LogP contribution is -2.06. The van der Waals surface area contributed by atoms with E-state index in [1.54, 1.807) is 35.9 Å². The summed E-state index contributed by atoms with van der Waals surface area (Å²) in [5, 5.41) is 9.28. The Hall–Kier alpha value is -3.81. The number of imidazole rings is 1. The third-order valence-corrected chi connectivity index (χ3v) is 4.94. The molecule has 0 saturated heterocycles. The summed E-state index contributed by atoms with van der Waals surface area (Å²) in [4.78, 5) is 15.8. The molecule has 158 valence electrons. The van der Waals surface area contributed by atoms with Crippen LogP contribution in [0.15, 0.2) is 66.7 Å². The van der Waals surface area contributed by atoms with Gasteiger partial charge in [0.15, 0.2) is 0 Å². The topological polar surface area (TPSA) is 64.4 Å². The fourth-order valence-electron chi connectivity index (χ4n) is 3.39. The number of fused-ring (bicyclic) bond motifs is 1. The second-order valence-corrected chi connectivity index (χ2v) is 6.96. The lowest BCUT2D eigenvalue weighted by molar-refractivity contribution is -0.137. The molecule has 1 heterocycles. The van der Waals surface area contributed by atoms with Gasteiger partial charge in [-0.1, -0.05) is 24.3 Å². The van der Waals surface area contributed by atoms with Crippen molar-refractivity contribution in [1.29, 1.82) is 0 Å². The number of methoxy groups -OCH3 is 1. The highest BCUT2D eigenvalue weighted by Crippen LogP contribution is 2.33. The SMILES string of the molecule is COc1ccc(Cn2c(-c3cccc(C(F)(F)F)c3)nc3cc(C(=O)O)ccc32)cc1. The van der Waals surface area contributed by atoms with E-state index in [0.29, 0.717) is 29.2 Å². The summed E-state index contributed by atoms with van der Waals surface area (Å²) < 4.78 is 46.7. The number of hydrogen-bond donors (Lipinski definition) is 1. The number of nitrogens with zero attached hydrogens (tertiary/aromatic N) is 2. The molecule has 0 spiro atoms. The zero-order chi connectivity index (χ0) is 22.2. The van der Waals surface area contributed by atoms with Gasteiger partial charge in [0.25, 0.3) is 0 Å². The maximum Gasteiger partial charge on any atom is 0.416 e. The first kappa shape index (κ1) is 20.5. The minimum atomic E-state index is -4.49. The summed E-state index contributed by atoms with van der Waals surface area (Å²) in [6, 6.07) is 16.7. The molecule has 3 aromatic carbocycles. The number of carboxylic acid groups (broad SMARTS) is 1. The van der Waals surface area contributed by atoms with E-state index in [-0.39, 0.29) is 11.1 Å². The molecule has 0 saturated carbocycles. The van der Waals surface area contributed by atoms with Gasteiger partial charge in [0, 0.05) is 12.1 Å². The second kappa shape index (κ2) is 7.79. The highest BCUT2D eigenvalue weighted by atomic mass is 19.4. The maximum absolute atomic E-state index is 13.2. The van der Waals surface area contributed by atoms with Crippen LogP contribution in [0.5, 0.6) is 5.75 Å². The Labute approximate surface area is 175 Å². The smallest absolute Gasteiger partial charge is 0.416 e. The van der Waals surface area contributed by atoms with Crippen LogP contribution < -0.4 is 4.74 Å². The molecule has 0 aliphatic heterocycles. The highest BCUT2D eigenvalue weighted by molar-refractivity contribution is 5.93. The first-order valence-corrected chi connectivity index (χ1v) is 9.30. The number of ether oxygens (including phenoxy) is 1. The number of carbonyl (C=O) groups is 1. The van der Waals surface area contributed by atoms with E-state index < -0.39 is 17.7 Å². The number of benzene rings is 3. The first-order chi connectivity index (χ1) is 14.8. The van der Waals surface area contributed by atoms with Gasteiger partial charge < -0.3 is 14.4 Å². The summed E-state index contributed by atoms with van der Waals surface area (Å²) in [5.74, 6) is -0.102. The van der Waals surface area contributed by atoms with Crippen LogP contribution in [-0.4, -0.2) is 27.7 Å². The van der Waals surface area contributed by atoms with Crippen LogP contribution >= 0.6 is 0 Å². The number of carboxylic acids is 1. The van der Waals surface area contributed by atoms with Crippen molar-refractivity contribution in [2.75, 3.05) is 7.11 Å². The molecule has 0 fully saturated rings. The molecule has 0 unspecified atom stereocenters. The third-order valence-electron chi connectivity index (χ3n) is 4.94. The molecule has 0 atom stereocenters. The van der Waals surface area contributed by atoms with Crippen LogP contribution in [0.1, 0.15) is 21.5 Å². The van der Waals surface area contributed by atoms with Crippen molar-refractivity contribution >= 4 is 17.0 Å². The van der Waals surface area contributed by atoms with Crippen LogP contribution in [0.2, 0.25) is 0 Å². The van der Waals surface area contributed by atoms with Crippen molar-refractivity contribution in [3.8, 4) is 17.1 Å². The van der Waals surface area contributed by atoms with E-state index in [9.17, 15) is 23.1 Å². The van der Waals surface area contributed by atoms with Crippen molar-refractivity contribution in [2.45, 2.75) is 12.7 Å². The fraction of sp³-hybridized carbons (Fsp3) is 0.130. The van der Waals surface area contributed by atoms with Gasteiger partial charge in [0.1, 0.15) is 11.6 Å². The molecule has 1 aromatic heterocycles. The van der Waals surface area contributed by atoms with Crippen LogP contribution in [0.25, 0.3) is 22.4 Å². The monoisotopic (exact) mass is 426 g/mol. The summed E-state index contributed by atoms with van der Waals surface area (Å²) >= 11 is 0. The Morgan fingerprint density at radius 1 is 1.06 bits per heavy atom. The zero-order valence-electron chi connectivity index (χ0n) is 16.3. The van der Waals surface area contributed by atoms with Gasteiger partial charge in [-0.25, -0.2) is 9.78 Å². The lowest BCUT2D eigenvalue weighted by Gasteiger charge is -2.12. The number of halogens is 3. The molecular weight excluding hydrogens is 409 g/mol. The molecule has 0 aliphatic carbocycles. The molecule has 4 aromatic rings. The number of rotatable bonds is 5. The van der Waals surface area contributed by atoms with Gasteiger partial charge in [-0.3, -0.25) is 0 Å². The summed E-state index contributed by atoms with van der Waals surface area (Å²) in [6.07, 6.45) is -4.49. The molecule has 1 N–H and O–H groups in total. The quantitative estimate of drug-likeness (QED) is 0.459. The van der Waals surface area contributed by atoms with E-state index in [0.717, 1.165) is 17.7 Å². The number of alkyl halides is 3. The van der Waals surface area contributed by atoms with Crippen molar-refractivity contribution in [3.05, 3.63) is 83.4 Å². The Morgan fingerprint density at radius 2 is 1.81 bits per heavy atom. The normalized spacial score (nSPS) is 11.6. The van der Waals surface area contributed by atoms with Crippen molar-refractivity contribution in [1.82, 2.24) is 9.55 Å². The molecule has 31 heavy (non-hydrogen) atoms. The molecule has 0 radical (unpaired) electrons. The predicted molar refractivity (Wildman–Crippen MR) is 109 cm³/mol. The van der Waals surface area contributed by atoms with E-state index in [2.05, 4.69) is 4.98 Å². The highest BCUT2D eigenvalue weighted by Gasteiger charge is 2.31. The Kier molecular flexibility index (Phi) is 5.14. The van der Waals surface area contributed by atoms with E-state index in [1.165, 1.54) is 18.2 Å². The summed E-state index contributed by atoms with van der Waals surface area (Å²) in [7, 11) is 1.56. The van der Waals surface area contributed by atoms with Gasteiger partial charge in [0.05, 0.1) is 29.3 Å². The molecule has 8 heteroatoms. The van der Waals surface area contributed by atoms with Gasteiger partial charge in [-0.05, 0) is 48.0 Å². The van der Waals surface area contributed by atoms with Gasteiger partial charge in [-0.15, -0.1) is 0 Å². The molecule has 0 aliphatic rings. The van der Waals surface area contributed by atoms with Gasteiger partial charge in [-0.2, -0.15) is 13.2 Å². The van der Waals surface area contributed by atoms with Crippen molar-refractivity contribution in [2.24, 2.45) is 0 Å². The summed E-state index contributed by atoms with van der Waals surface area (Å²) in [6.45, 7) is 0.332. The first-order valence-electron chi connectivity index (χ1n) is 9.30. The largest absolute Gasteiger partial charge is 0.497 e. The van der Waals surface area contributed by atoms with Crippen molar-refractivity contribution < 1.29 is 27.8 Å². The lowest BCUT2D eigenvalue weighted by atomic mass is 10.1. The van der Waals surface area contributed by atoms with Crippen LogP contribution in [0, 0.1) is 0 Å². The zero-order valence-corrected chi connectivity index (χ0v) is 16.3. The molecular formula is C23H17F3N2O3. The van der Waals surface area contributed by atoms with Gasteiger partial charge >= 0.3 is 12.1 Å². The third kappa shape index (κ3) is 4.09. The van der Waals surface area contributed by atoms with E-state index in [4.69, 9.17) is 4.74 Å². The Morgan fingerprint density at radius 3 is 2.45 bits per heavy atom. The minimum absolute atomic E-state index is 0.0530. The minimum Gasteiger partial charge on any atom is -0.497 e. The number of aromatic nitrogens is 2. The molecule has 5 nitrogen and oxygen atoms in total. The predicted octanol–water partition coefficient (Wildman–Crippen LogP) is 5.48. The number of aromatic carboxylic acids is 1. The summed E-state index contributed by atoms with van der Waals surface area (Å²) in [5.41, 5.74) is 1.46. The fourth-order valence-corrected chi connectivity index (χ4v) is 3.39. The molecule has 0 amide bonds. The molecule has 4 rings (SSSR count). The van der Waals surface area contributed by atoms with Gasteiger partial charge in [0.2, 0.25) is 0 Å². The number of hydrogen-bond acceptors (Lipinski definition) is 3. The average Bonchev–Trinajstić information content (AvgIpc) is 3.11. The van der Waals surface area contributed by atoms with Crippen LogP contribution in [0.3, 0.4) is 0 Å². The van der Waals surface area contributed by atoms with E-state index >= 15 is 0 Å². The Bertz CT molecular complexity index is 1260. The van der Waals surface area contributed by atoms with Crippen LogP contribution in [-0.2, 0) is 12.7 Å². The second-order valence-electron chi connectivity index (χ2n) is 6.96. The van der Waals surface area contributed by atoms with E-state index in [1.807, 2.05) is 12.1 Å².